The summed E-state index contributed by atoms with van der Waals surface area (Å²) in [5.41, 5.74) is 2.25. The van der Waals surface area contributed by atoms with E-state index in [1.54, 1.807) is 77.7 Å². The predicted octanol–water partition coefficient (Wildman–Crippen LogP) is 4.88. The third-order valence-electron chi connectivity index (χ3n) is 8.64. The minimum Gasteiger partial charge on any atom is -0.491 e. The second kappa shape index (κ2) is 15.9. The molecule has 0 bridgehead atoms. The van der Waals surface area contributed by atoms with Gasteiger partial charge in [0.2, 0.25) is 18.6 Å². The van der Waals surface area contributed by atoms with Crippen LogP contribution in [0.15, 0.2) is 90.5 Å². The quantitative estimate of drug-likeness (QED) is 0.130. The summed E-state index contributed by atoms with van der Waals surface area (Å²) in [6, 6.07) is 19.1. The molecule has 3 aromatic carbocycles. The van der Waals surface area contributed by atoms with Gasteiger partial charge in [0.25, 0.3) is 0 Å². The van der Waals surface area contributed by atoms with E-state index in [-0.39, 0.29) is 44.6 Å². The Labute approximate surface area is 303 Å². The highest BCUT2D eigenvalue weighted by atomic mass is 35.5. The zero-order chi connectivity index (χ0) is 36.0. The van der Waals surface area contributed by atoms with Gasteiger partial charge in [-0.25, -0.2) is 23.7 Å². The number of aromatic nitrogens is 6. The molecule has 6 rings (SSSR count). The molecule has 2 amide bonds. The molecule has 1 aliphatic heterocycles. The van der Waals surface area contributed by atoms with Gasteiger partial charge in [-0.05, 0) is 74.0 Å². The fraction of sp³-hybridized carbons (Fsp3) is 0.314. The molecule has 1 fully saturated rings. The highest BCUT2D eigenvalue weighted by Gasteiger charge is 2.45. The first-order valence-corrected chi connectivity index (χ1v) is 17.0. The molecule has 3 heterocycles. The van der Waals surface area contributed by atoms with E-state index in [2.05, 4.69) is 15.2 Å². The Morgan fingerprint density at radius 2 is 1.67 bits per heavy atom. The molecule has 51 heavy (non-hydrogen) atoms. The Hall–Kier alpha value is -5.02. The summed E-state index contributed by atoms with van der Waals surface area (Å²) in [6.45, 7) is 5.03. The van der Waals surface area contributed by atoms with Crippen LogP contribution >= 0.6 is 23.2 Å². The zero-order valence-electron chi connectivity index (χ0n) is 27.9. The van der Waals surface area contributed by atoms with E-state index in [0.717, 1.165) is 6.42 Å². The Bertz CT molecular complexity index is 1990. The van der Waals surface area contributed by atoms with Crippen molar-refractivity contribution in [1.29, 1.82) is 0 Å². The van der Waals surface area contributed by atoms with E-state index < -0.39 is 11.9 Å². The van der Waals surface area contributed by atoms with Gasteiger partial charge in [0.1, 0.15) is 44.0 Å². The van der Waals surface area contributed by atoms with Gasteiger partial charge in [0.15, 0.2) is 0 Å². The molecule has 1 saturated heterocycles. The van der Waals surface area contributed by atoms with Crippen LogP contribution in [0.4, 0.5) is 11.4 Å². The molecule has 5 aromatic rings. The smallest absolute Gasteiger partial charge is 0.350 e. The molecule has 3 atom stereocenters. The summed E-state index contributed by atoms with van der Waals surface area (Å²) < 4.78 is 23.2. The number of anilines is 2. The average Bonchev–Trinajstić information content (AvgIpc) is 3.90. The Balaban J connectivity index is 1.05. The highest BCUT2D eigenvalue weighted by Crippen LogP contribution is 2.40. The van der Waals surface area contributed by atoms with Gasteiger partial charge >= 0.3 is 5.69 Å². The van der Waals surface area contributed by atoms with Crippen molar-refractivity contribution >= 4 is 47.4 Å². The van der Waals surface area contributed by atoms with Gasteiger partial charge in [0.05, 0.1) is 23.4 Å². The van der Waals surface area contributed by atoms with Crippen LogP contribution in [-0.4, -0.2) is 74.3 Å². The van der Waals surface area contributed by atoms with Crippen molar-refractivity contribution in [1.82, 2.24) is 29.1 Å². The number of halogens is 2. The van der Waals surface area contributed by atoms with Crippen LogP contribution in [0.1, 0.15) is 31.9 Å². The lowest BCUT2D eigenvalue weighted by atomic mass is 10.1. The average molecular weight is 736 g/mol. The number of hydrogen-bond donors (Lipinski definition) is 0. The molecular weight excluding hydrogens is 699 g/mol. The van der Waals surface area contributed by atoms with Crippen LogP contribution in [0.2, 0.25) is 10.0 Å². The van der Waals surface area contributed by atoms with Gasteiger partial charge in [-0.2, -0.15) is 10.2 Å². The molecule has 0 saturated carbocycles. The fourth-order valence-electron chi connectivity index (χ4n) is 5.68. The minimum absolute atomic E-state index is 0.0188. The number of carbonyl (C=O) groups excluding carboxylic acids is 2. The maximum Gasteiger partial charge on any atom is 0.350 e. The van der Waals surface area contributed by atoms with Crippen molar-refractivity contribution in [2.24, 2.45) is 0 Å². The van der Waals surface area contributed by atoms with Crippen LogP contribution in [0.5, 0.6) is 5.75 Å². The maximum atomic E-state index is 12.8. The third kappa shape index (κ3) is 7.99. The van der Waals surface area contributed by atoms with Crippen molar-refractivity contribution in [3.8, 4) is 11.4 Å². The number of benzene rings is 3. The summed E-state index contributed by atoms with van der Waals surface area (Å²) in [5.74, 6) is -0.665. The molecule has 0 N–H and O–H groups in total. The molecule has 2 aromatic heterocycles. The Kier molecular flexibility index (Phi) is 11.2. The summed E-state index contributed by atoms with van der Waals surface area (Å²) in [5, 5.41) is 9.30. The van der Waals surface area contributed by atoms with Crippen molar-refractivity contribution in [2.75, 3.05) is 36.1 Å². The van der Waals surface area contributed by atoms with Crippen LogP contribution in [0.25, 0.3) is 5.69 Å². The number of rotatable bonds is 16. The van der Waals surface area contributed by atoms with E-state index in [1.165, 1.54) is 31.7 Å². The zero-order valence-corrected chi connectivity index (χ0v) is 29.4. The highest BCUT2D eigenvalue weighted by molar-refractivity contribution is 6.35. The summed E-state index contributed by atoms with van der Waals surface area (Å²) in [4.78, 5) is 43.9. The standard InChI is InChI=1S/C35H36Cl2N8O6/c1-3-25(2)45-34(48)44(22-40-45)29-7-5-27(6-8-29)41(23-46)14-15-42(24-47)28-9-11-30(12-10-28)49-17-31-18-50-35(51-31,19-43-21-38-20-39-43)32-13-4-26(36)16-33(32)37/h4-13,16,20-25,31H,3,14-15,17-19H2,1-2H3/t25?,31-,35-/m1/s1. The molecule has 0 radical (unpaired) electrons. The van der Waals surface area contributed by atoms with E-state index >= 15 is 0 Å². The van der Waals surface area contributed by atoms with Crippen LogP contribution in [0.3, 0.4) is 0 Å². The predicted molar refractivity (Wildman–Crippen MR) is 191 cm³/mol. The van der Waals surface area contributed by atoms with Gasteiger partial charge < -0.3 is 24.0 Å². The molecule has 14 nitrogen and oxygen atoms in total. The number of hydrogen-bond acceptors (Lipinski definition) is 9. The van der Waals surface area contributed by atoms with Gasteiger partial charge in [-0.1, -0.05) is 36.2 Å². The van der Waals surface area contributed by atoms with Gasteiger partial charge in [-0.15, -0.1) is 0 Å². The lowest BCUT2D eigenvalue weighted by Gasteiger charge is -2.29. The van der Waals surface area contributed by atoms with E-state index in [9.17, 15) is 14.4 Å². The molecular formula is C35H36Cl2N8O6. The van der Waals surface area contributed by atoms with E-state index in [1.807, 2.05) is 13.8 Å². The monoisotopic (exact) mass is 734 g/mol. The lowest BCUT2D eigenvalue weighted by Crippen LogP contribution is -2.35. The fourth-order valence-corrected chi connectivity index (χ4v) is 6.23. The van der Waals surface area contributed by atoms with Gasteiger partial charge in [0, 0.05) is 35.1 Å². The van der Waals surface area contributed by atoms with Crippen LogP contribution in [-0.2, 0) is 31.4 Å². The van der Waals surface area contributed by atoms with E-state index in [0.29, 0.717) is 51.2 Å². The van der Waals surface area contributed by atoms with Crippen molar-refractivity contribution in [2.45, 2.75) is 44.7 Å². The maximum absolute atomic E-state index is 12.8. The first kappa shape index (κ1) is 35.8. The second-order valence-corrected chi connectivity index (χ2v) is 12.8. The molecule has 1 unspecified atom stereocenters. The van der Waals surface area contributed by atoms with E-state index in [4.69, 9.17) is 37.4 Å². The topological polar surface area (TPSA) is 139 Å². The number of amides is 2. The normalized spacial score (nSPS) is 17.6. The SMILES string of the molecule is CCC(C)n1ncn(-c2ccc(N(C=O)CCN(C=O)c3ccc(OC[C@@H]4CO[C@@](Cn5cncn5)(c5ccc(Cl)cc5Cl)O4)cc3)cc2)c1=O. The Morgan fingerprint density at radius 1 is 0.980 bits per heavy atom. The molecule has 1 aliphatic rings. The Morgan fingerprint density at radius 3 is 2.27 bits per heavy atom. The number of ether oxygens (including phenoxy) is 3. The summed E-state index contributed by atoms with van der Waals surface area (Å²) in [6.07, 6.45) is 6.25. The van der Waals surface area contributed by atoms with Crippen molar-refractivity contribution in [3.05, 3.63) is 112 Å². The molecule has 0 spiro atoms. The first-order chi connectivity index (χ1) is 24.7. The second-order valence-electron chi connectivity index (χ2n) is 11.9. The van der Waals surface area contributed by atoms with Crippen molar-refractivity contribution < 1.29 is 23.8 Å². The van der Waals surface area contributed by atoms with Crippen LogP contribution < -0.4 is 20.2 Å². The number of nitrogens with zero attached hydrogens (tertiary/aromatic N) is 8. The molecule has 0 aliphatic carbocycles. The minimum atomic E-state index is -1.23. The molecule has 16 heteroatoms. The van der Waals surface area contributed by atoms with Gasteiger partial charge in [-0.3, -0.25) is 9.59 Å². The van der Waals surface area contributed by atoms with Crippen LogP contribution in [0, 0.1) is 0 Å². The van der Waals surface area contributed by atoms with Crippen molar-refractivity contribution in [3.63, 3.8) is 0 Å². The lowest BCUT2D eigenvalue weighted by molar-refractivity contribution is -0.190. The largest absolute Gasteiger partial charge is 0.491 e. The molecule has 266 valence electrons. The summed E-state index contributed by atoms with van der Waals surface area (Å²) >= 11 is 12.7. The number of carbonyl (C=O) groups is 2. The summed E-state index contributed by atoms with van der Waals surface area (Å²) in [7, 11) is 0. The first-order valence-electron chi connectivity index (χ1n) is 16.3. The third-order valence-corrected chi connectivity index (χ3v) is 9.19.